The Morgan fingerprint density at radius 3 is 2.79 bits per heavy atom. The number of hydrogen-bond donors (Lipinski definition) is 1. The molecule has 100 valence electrons. The Bertz CT molecular complexity index is 564. The van der Waals surface area contributed by atoms with Gasteiger partial charge in [0.15, 0.2) is 0 Å². The molecule has 1 unspecified atom stereocenters. The lowest BCUT2D eigenvalue weighted by atomic mass is 10.1. The lowest BCUT2D eigenvalue weighted by molar-refractivity contribution is -0.385. The van der Waals surface area contributed by atoms with Gasteiger partial charge in [0.25, 0.3) is 11.6 Å². The molecular weight excluding hydrogens is 251 g/mol. The highest BCUT2D eigenvalue weighted by Gasteiger charge is 2.20. The van der Waals surface area contributed by atoms with Gasteiger partial charge in [-0.25, -0.2) is 4.39 Å². The summed E-state index contributed by atoms with van der Waals surface area (Å²) in [5.41, 5.74) is -0.631. The van der Waals surface area contributed by atoms with Crippen molar-refractivity contribution in [2.45, 2.75) is 26.3 Å². The molecule has 0 aliphatic carbocycles. The highest BCUT2D eigenvalue weighted by molar-refractivity contribution is 5.95. The molecule has 5 nitrogen and oxygen atoms in total. The van der Waals surface area contributed by atoms with Crippen LogP contribution in [0.5, 0.6) is 0 Å². The third kappa shape index (κ3) is 3.52. The van der Waals surface area contributed by atoms with Crippen molar-refractivity contribution in [1.29, 1.82) is 0 Å². The summed E-state index contributed by atoms with van der Waals surface area (Å²) in [7, 11) is 0. The minimum atomic E-state index is -0.768. The standard InChI is InChI=1S/C13H13FN2O3/c1-4-5-9(3)15-13(17)11-7-10(16(18)19)6-8(2)12(11)14/h1,6-7,9H,5H2,2-3H3,(H,15,17). The zero-order chi connectivity index (χ0) is 14.6. The van der Waals surface area contributed by atoms with Gasteiger partial charge in [-0.3, -0.25) is 14.9 Å². The Kier molecular flexibility index (Phi) is 4.59. The molecule has 0 radical (unpaired) electrons. The Balaban J connectivity index is 3.09. The van der Waals surface area contributed by atoms with Gasteiger partial charge in [-0.15, -0.1) is 12.3 Å². The molecule has 1 N–H and O–H groups in total. The summed E-state index contributed by atoms with van der Waals surface area (Å²) < 4.78 is 13.8. The van der Waals surface area contributed by atoms with Gasteiger partial charge < -0.3 is 5.32 Å². The smallest absolute Gasteiger partial charge is 0.270 e. The van der Waals surface area contributed by atoms with E-state index in [1.807, 2.05) is 0 Å². The quantitative estimate of drug-likeness (QED) is 0.514. The van der Waals surface area contributed by atoms with Gasteiger partial charge in [-0.1, -0.05) is 0 Å². The number of benzene rings is 1. The maximum absolute atomic E-state index is 13.8. The summed E-state index contributed by atoms with van der Waals surface area (Å²) in [6, 6.07) is 1.66. The molecule has 6 heteroatoms. The molecule has 1 atom stereocenters. The molecule has 0 aliphatic rings. The van der Waals surface area contributed by atoms with Crippen LogP contribution in [0.4, 0.5) is 10.1 Å². The van der Waals surface area contributed by atoms with E-state index in [1.165, 1.54) is 6.92 Å². The SMILES string of the molecule is C#CCC(C)NC(=O)c1cc([N+](=O)[O-])cc(C)c1F. The predicted octanol–water partition coefficient (Wildman–Crippen LogP) is 2.18. The number of terminal acetylenes is 1. The van der Waals surface area contributed by atoms with Crippen molar-refractivity contribution in [3.8, 4) is 12.3 Å². The first kappa shape index (κ1) is 14.6. The zero-order valence-electron chi connectivity index (χ0n) is 10.6. The predicted molar refractivity (Wildman–Crippen MR) is 68.2 cm³/mol. The number of carbonyl (C=O) groups is 1. The van der Waals surface area contributed by atoms with E-state index in [2.05, 4.69) is 11.2 Å². The summed E-state index contributed by atoms with van der Waals surface area (Å²) in [4.78, 5) is 21.9. The fraction of sp³-hybridized carbons (Fsp3) is 0.308. The average Bonchev–Trinajstić information content (AvgIpc) is 2.32. The van der Waals surface area contributed by atoms with E-state index in [9.17, 15) is 19.3 Å². The van der Waals surface area contributed by atoms with Gasteiger partial charge in [0.05, 0.1) is 10.5 Å². The number of nitrogens with one attached hydrogen (secondary N) is 1. The van der Waals surface area contributed by atoms with Crippen LogP contribution in [-0.4, -0.2) is 16.9 Å². The number of halogens is 1. The summed E-state index contributed by atoms with van der Waals surface area (Å²) in [6.45, 7) is 3.03. The summed E-state index contributed by atoms with van der Waals surface area (Å²) in [5.74, 6) is 0.880. The average molecular weight is 264 g/mol. The molecule has 1 aromatic rings. The van der Waals surface area contributed by atoms with Crippen molar-refractivity contribution in [3.05, 3.63) is 39.2 Å². The maximum atomic E-state index is 13.8. The van der Waals surface area contributed by atoms with Crippen LogP contribution in [0.1, 0.15) is 29.3 Å². The third-order valence-electron chi connectivity index (χ3n) is 2.50. The lowest BCUT2D eigenvalue weighted by Gasteiger charge is -2.12. The minimum Gasteiger partial charge on any atom is -0.349 e. The molecule has 1 rings (SSSR count). The summed E-state index contributed by atoms with van der Waals surface area (Å²) >= 11 is 0. The Labute approximate surface area is 110 Å². The van der Waals surface area contributed by atoms with Crippen molar-refractivity contribution >= 4 is 11.6 Å². The van der Waals surface area contributed by atoms with E-state index in [-0.39, 0.29) is 22.9 Å². The van der Waals surface area contributed by atoms with Crippen LogP contribution in [0.3, 0.4) is 0 Å². The lowest BCUT2D eigenvalue weighted by Crippen LogP contribution is -2.33. The fourth-order valence-corrected chi connectivity index (χ4v) is 1.55. The Morgan fingerprint density at radius 1 is 1.63 bits per heavy atom. The molecule has 0 heterocycles. The molecule has 0 aromatic heterocycles. The van der Waals surface area contributed by atoms with Crippen molar-refractivity contribution in [3.63, 3.8) is 0 Å². The Hall–Kier alpha value is -2.42. The van der Waals surface area contributed by atoms with Crippen LogP contribution in [0.25, 0.3) is 0 Å². The van der Waals surface area contributed by atoms with Crippen molar-refractivity contribution in [1.82, 2.24) is 5.32 Å². The van der Waals surface area contributed by atoms with Crippen LogP contribution >= 0.6 is 0 Å². The second-order valence-corrected chi connectivity index (χ2v) is 4.16. The van der Waals surface area contributed by atoms with Gasteiger partial charge in [0.2, 0.25) is 0 Å². The largest absolute Gasteiger partial charge is 0.349 e. The van der Waals surface area contributed by atoms with Crippen molar-refractivity contribution < 1.29 is 14.1 Å². The number of aryl methyl sites for hydroxylation is 1. The number of nitro benzene ring substituents is 1. The van der Waals surface area contributed by atoms with Gasteiger partial charge >= 0.3 is 0 Å². The van der Waals surface area contributed by atoms with Crippen LogP contribution in [-0.2, 0) is 0 Å². The minimum absolute atomic E-state index is 0.0453. The molecule has 19 heavy (non-hydrogen) atoms. The topological polar surface area (TPSA) is 72.2 Å². The van der Waals surface area contributed by atoms with Gasteiger partial charge in [-0.05, 0) is 19.4 Å². The van der Waals surface area contributed by atoms with Crippen molar-refractivity contribution in [2.24, 2.45) is 0 Å². The number of nitro groups is 1. The molecular formula is C13H13FN2O3. The first-order valence-corrected chi connectivity index (χ1v) is 5.55. The van der Waals surface area contributed by atoms with Gasteiger partial charge in [0, 0.05) is 24.6 Å². The Morgan fingerprint density at radius 2 is 2.26 bits per heavy atom. The molecule has 0 fully saturated rings. The monoisotopic (exact) mass is 264 g/mol. The first-order chi connectivity index (χ1) is 8.86. The molecule has 0 bridgehead atoms. The third-order valence-corrected chi connectivity index (χ3v) is 2.50. The van der Waals surface area contributed by atoms with E-state index in [1.54, 1.807) is 6.92 Å². The molecule has 0 spiro atoms. The number of hydrogen-bond acceptors (Lipinski definition) is 3. The summed E-state index contributed by atoms with van der Waals surface area (Å²) in [6.07, 6.45) is 5.39. The summed E-state index contributed by atoms with van der Waals surface area (Å²) in [5, 5.41) is 13.2. The van der Waals surface area contributed by atoms with Crippen LogP contribution < -0.4 is 5.32 Å². The van der Waals surface area contributed by atoms with Crippen LogP contribution in [0.2, 0.25) is 0 Å². The van der Waals surface area contributed by atoms with Crippen molar-refractivity contribution in [2.75, 3.05) is 0 Å². The molecule has 0 saturated heterocycles. The first-order valence-electron chi connectivity index (χ1n) is 5.55. The molecule has 1 amide bonds. The van der Waals surface area contributed by atoms with E-state index in [0.717, 1.165) is 12.1 Å². The number of nitrogens with zero attached hydrogens (tertiary/aromatic N) is 1. The number of non-ortho nitro benzene ring substituents is 1. The molecule has 0 aliphatic heterocycles. The van der Waals surface area contributed by atoms with E-state index in [4.69, 9.17) is 6.42 Å². The van der Waals surface area contributed by atoms with Crippen LogP contribution in [0, 0.1) is 35.2 Å². The molecule has 1 aromatic carbocycles. The van der Waals surface area contributed by atoms with E-state index >= 15 is 0 Å². The second kappa shape index (κ2) is 5.96. The number of amides is 1. The second-order valence-electron chi connectivity index (χ2n) is 4.16. The van der Waals surface area contributed by atoms with E-state index < -0.39 is 16.6 Å². The van der Waals surface area contributed by atoms with E-state index in [0.29, 0.717) is 6.42 Å². The molecule has 0 saturated carbocycles. The highest BCUT2D eigenvalue weighted by Crippen LogP contribution is 2.21. The van der Waals surface area contributed by atoms with Gasteiger partial charge in [0.1, 0.15) is 5.82 Å². The maximum Gasteiger partial charge on any atom is 0.270 e. The normalized spacial score (nSPS) is 11.5. The zero-order valence-corrected chi connectivity index (χ0v) is 10.6. The van der Waals surface area contributed by atoms with Gasteiger partial charge in [-0.2, -0.15) is 0 Å². The van der Waals surface area contributed by atoms with Crippen LogP contribution in [0.15, 0.2) is 12.1 Å². The number of carbonyl (C=O) groups excluding carboxylic acids is 1. The fourth-order valence-electron chi connectivity index (χ4n) is 1.55. The number of rotatable bonds is 4. The highest BCUT2D eigenvalue weighted by atomic mass is 19.1.